The Balaban J connectivity index is 1.34. The number of ether oxygens (including phenoxy) is 2. The van der Waals surface area contributed by atoms with Gasteiger partial charge in [0.05, 0.1) is 25.5 Å². The fraction of sp³-hybridized carbons (Fsp3) is 0.207. The predicted molar refractivity (Wildman–Crippen MR) is 140 cm³/mol. The topological polar surface area (TPSA) is 76.9 Å². The molecule has 3 aromatic carbocycles. The van der Waals surface area contributed by atoms with Gasteiger partial charge in [0.15, 0.2) is 11.5 Å². The summed E-state index contributed by atoms with van der Waals surface area (Å²) in [6.45, 7) is 1.74. The van der Waals surface area contributed by atoms with Gasteiger partial charge in [0.2, 0.25) is 0 Å². The molecule has 5 rings (SSSR count). The highest BCUT2D eigenvalue weighted by Crippen LogP contribution is 2.29. The summed E-state index contributed by atoms with van der Waals surface area (Å²) in [7, 11) is 3.10. The SMILES string of the molecule is COc1ccc(C(=O)N2CCN(C(=O)c3cn(-c4ccccc4)nc3-c3ccccc3)CC2)cc1OC. The first-order valence-corrected chi connectivity index (χ1v) is 12.1. The minimum atomic E-state index is -0.102. The molecule has 0 aliphatic carbocycles. The van der Waals surface area contributed by atoms with E-state index < -0.39 is 0 Å². The Kier molecular flexibility index (Phi) is 6.89. The van der Waals surface area contributed by atoms with Gasteiger partial charge in [-0.15, -0.1) is 0 Å². The van der Waals surface area contributed by atoms with Gasteiger partial charge in [-0.2, -0.15) is 5.10 Å². The van der Waals surface area contributed by atoms with Gasteiger partial charge in [-0.3, -0.25) is 9.59 Å². The maximum absolute atomic E-state index is 13.7. The van der Waals surface area contributed by atoms with Gasteiger partial charge in [-0.1, -0.05) is 48.5 Å². The second-order valence-electron chi connectivity index (χ2n) is 8.69. The lowest BCUT2D eigenvalue weighted by molar-refractivity contribution is 0.0535. The maximum atomic E-state index is 13.7. The summed E-state index contributed by atoms with van der Waals surface area (Å²) >= 11 is 0. The molecule has 0 radical (unpaired) electrons. The van der Waals surface area contributed by atoms with Crippen LogP contribution < -0.4 is 9.47 Å². The Morgan fingerprint density at radius 3 is 1.95 bits per heavy atom. The highest BCUT2D eigenvalue weighted by Gasteiger charge is 2.29. The second kappa shape index (κ2) is 10.6. The summed E-state index contributed by atoms with van der Waals surface area (Å²) in [6.07, 6.45) is 1.79. The third kappa shape index (κ3) is 4.91. The lowest BCUT2D eigenvalue weighted by Gasteiger charge is -2.34. The van der Waals surface area contributed by atoms with E-state index in [0.717, 1.165) is 11.3 Å². The fourth-order valence-corrected chi connectivity index (χ4v) is 4.49. The highest BCUT2D eigenvalue weighted by molar-refractivity contribution is 6.00. The first-order chi connectivity index (χ1) is 18.1. The number of hydrogen-bond donors (Lipinski definition) is 0. The molecular formula is C29H28N4O4. The van der Waals surface area contributed by atoms with Crippen LogP contribution in [0.3, 0.4) is 0 Å². The maximum Gasteiger partial charge on any atom is 0.257 e. The molecule has 8 heteroatoms. The first-order valence-electron chi connectivity index (χ1n) is 12.1. The molecular weight excluding hydrogens is 468 g/mol. The van der Waals surface area contributed by atoms with E-state index in [1.165, 1.54) is 0 Å². The zero-order valence-corrected chi connectivity index (χ0v) is 20.8. The Hall–Kier alpha value is -4.59. The highest BCUT2D eigenvalue weighted by atomic mass is 16.5. The van der Waals surface area contributed by atoms with E-state index in [4.69, 9.17) is 14.6 Å². The zero-order chi connectivity index (χ0) is 25.8. The number of nitrogens with zero attached hydrogens (tertiary/aromatic N) is 4. The molecule has 2 amide bonds. The van der Waals surface area contributed by atoms with Crippen molar-refractivity contribution in [2.45, 2.75) is 0 Å². The molecule has 2 heterocycles. The van der Waals surface area contributed by atoms with Crippen molar-refractivity contribution in [2.24, 2.45) is 0 Å². The molecule has 0 N–H and O–H groups in total. The molecule has 0 unspecified atom stereocenters. The summed E-state index contributed by atoms with van der Waals surface area (Å²) < 4.78 is 12.3. The molecule has 0 bridgehead atoms. The van der Waals surface area contributed by atoms with Crippen LogP contribution in [0.15, 0.2) is 85.1 Å². The molecule has 4 aromatic rings. The molecule has 1 saturated heterocycles. The van der Waals surface area contributed by atoms with E-state index in [-0.39, 0.29) is 11.8 Å². The Bertz CT molecular complexity index is 1390. The number of benzene rings is 3. The monoisotopic (exact) mass is 496 g/mol. The van der Waals surface area contributed by atoms with Gasteiger partial charge in [0.1, 0.15) is 5.69 Å². The Labute approximate surface area is 215 Å². The van der Waals surface area contributed by atoms with Gasteiger partial charge >= 0.3 is 0 Å². The number of hydrogen-bond acceptors (Lipinski definition) is 5. The molecule has 188 valence electrons. The zero-order valence-electron chi connectivity index (χ0n) is 20.8. The summed E-state index contributed by atoms with van der Waals surface area (Å²) in [5, 5.41) is 4.76. The number of rotatable bonds is 6. The minimum Gasteiger partial charge on any atom is -0.493 e. The number of amides is 2. The number of aromatic nitrogens is 2. The quantitative estimate of drug-likeness (QED) is 0.401. The summed E-state index contributed by atoms with van der Waals surface area (Å²) in [5.74, 6) is 0.875. The lowest BCUT2D eigenvalue weighted by atomic mass is 10.1. The number of para-hydroxylation sites is 1. The number of piperazine rings is 1. The van der Waals surface area contributed by atoms with Crippen LogP contribution in [-0.4, -0.2) is 71.8 Å². The van der Waals surface area contributed by atoms with Crippen molar-refractivity contribution in [2.75, 3.05) is 40.4 Å². The van der Waals surface area contributed by atoms with E-state index in [1.807, 2.05) is 60.7 Å². The Morgan fingerprint density at radius 1 is 0.730 bits per heavy atom. The van der Waals surface area contributed by atoms with E-state index in [1.54, 1.807) is 53.1 Å². The summed E-state index contributed by atoms with van der Waals surface area (Å²) in [4.78, 5) is 30.4. The summed E-state index contributed by atoms with van der Waals surface area (Å²) in [6, 6.07) is 24.6. The van der Waals surface area contributed by atoms with Crippen LogP contribution in [0, 0.1) is 0 Å². The average Bonchev–Trinajstić information content (AvgIpc) is 3.42. The second-order valence-corrected chi connectivity index (χ2v) is 8.69. The molecule has 1 aromatic heterocycles. The molecule has 0 saturated carbocycles. The lowest BCUT2D eigenvalue weighted by Crippen LogP contribution is -2.50. The predicted octanol–water partition coefficient (Wildman–Crippen LogP) is 4.15. The van der Waals surface area contributed by atoms with Crippen LogP contribution in [-0.2, 0) is 0 Å². The van der Waals surface area contributed by atoms with Gasteiger partial charge in [-0.05, 0) is 30.3 Å². The van der Waals surface area contributed by atoms with Crippen LogP contribution in [0.25, 0.3) is 16.9 Å². The smallest absolute Gasteiger partial charge is 0.257 e. The molecule has 0 spiro atoms. The average molecular weight is 497 g/mol. The van der Waals surface area contributed by atoms with Gasteiger partial charge in [0, 0.05) is 43.5 Å². The normalized spacial score (nSPS) is 13.4. The largest absolute Gasteiger partial charge is 0.493 e. The van der Waals surface area contributed by atoms with Crippen molar-refractivity contribution in [3.8, 4) is 28.4 Å². The van der Waals surface area contributed by atoms with Crippen molar-refractivity contribution in [1.29, 1.82) is 0 Å². The van der Waals surface area contributed by atoms with Crippen molar-refractivity contribution in [1.82, 2.24) is 19.6 Å². The van der Waals surface area contributed by atoms with E-state index in [9.17, 15) is 9.59 Å². The van der Waals surface area contributed by atoms with Crippen molar-refractivity contribution >= 4 is 11.8 Å². The van der Waals surface area contributed by atoms with Crippen molar-refractivity contribution < 1.29 is 19.1 Å². The third-order valence-electron chi connectivity index (χ3n) is 6.50. The first kappa shape index (κ1) is 24.1. The molecule has 37 heavy (non-hydrogen) atoms. The molecule has 1 aliphatic heterocycles. The Morgan fingerprint density at radius 2 is 1.32 bits per heavy atom. The van der Waals surface area contributed by atoms with E-state index >= 15 is 0 Å². The number of carbonyl (C=O) groups excluding carboxylic acids is 2. The van der Waals surface area contributed by atoms with E-state index in [2.05, 4.69) is 0 Å². The van der Waals surface area contributed by atoms with Gasteiger partial charge in [-0.25, -0.2) is 4.68 Å². The van der Waals surface area contributed by atoms with Crippen molar-refractivity contribution in [3.63, 3.8) is 0 Å². The van der Waals surface area contributed by atoms with Crippen LogP contribution >= 0.6 is 0 Å². The standard InChI is InChI=1S/C29H28N4O4/c1-36-25-14-13-22(19-26(25)37-2)28(34)31-15-17-32(18-16-31)29(35)24-20-33(23-11-7-4-8-12-23)30-27(24)21-9-5-3-6-10-21/h3-14,19-20H,15-18H2,1-2H3. The summed E-state index contributed by atoms with van der Waals surface area (Å²) in [5.41, 5.74) is 3.45. The molecule has 1 aliphatic rings. The van der Waals surface area contributed by atoms with Crippen LogP contribution in [0.4, 0.5) is 0 Å². The fourth-order valence-electron chi connectivity index (χ4n) is 4.49. The van der Waals surface area contributed by atoms with Gasteiger partial charge < -0.3 is 19.3 Å². The van der Waals surface area contributed by atoms with Crippen LogP contribution in [0.5, 0.6) is 11.5 Å². The van der Waals surface area contributed by atoms with E-state index in [0.29, 0.717) is 54.5 Å². The van der Waals surface area contributed by atoms with Crippen molar-refractivity contribution in [3.05, 3.63) is 96.2 Å². The van der Waals surface area contributed by atoms with Gasteiger partial charge in [0.25, 0.3) is 11.8 Å². The molecule has 1 fully saturated rings. The van der Waals surface area contributed by atoms with Crippen LogP contribution in [0.2, 0.25) is 0 Å². The number of methoxy groups -OCH3 is 2. The molecule has 0 atom stereocenters. The van der Waals surface area contributed by atoms with Crippen LogP contribution in [0.1, 0.15) is 20.7 Å². The number of carbonyl (C=O) groups is 2. The minimum absolute atomic E-state index is 0.0979. The third-order valence-corrected chi connectivity index (χ3v) is 6.50. The molecule has 8 nitrogen and oxygen atoms in total.